The molecule has 0 aliphatic carbocycles. The van der Waals surface area contributed by atoms with Crippen molar-refractivity contribution in [2.24, 2.45) is 13.0 Å². The number of anilines is 1. The lowest BCUT2D eigenvalue weighted by Gasteiger charge is -2.19. The fraction of sp³-hybridized carbons (Fsp3) is 0.474. The number of hydrogen-bond acceptors (Lipinski definition) is 5. The maximum atomic E-state index is 12.4. The first-order valence-corrected chi connectivity index (χ1v) is 9.05. The minimum Gasteiger partial charge on any atom is -0.486 e. The minimum absolute atomic E-state index is 0.00343. The number of ether oxygens (including phenoxy) is 2. The monoisotopic (exact) mass is 356 g/mol. The summed E-state index contributed by atoms with van der Waals surface area (Å²) in [6.07, 6.45) is 6.13. The molecule has 0 saturated carbocycles. The molecule has 7 nitrogen and oxygen atoms in total. The lowest BCUT2D eigenvalue weighted by molar-refractivity contribution is -0.117. The fourth-order valence-electron chi connectivity index (χ4n) is 3.66. The van der Waals surface area contributed by atoms with E-state index in [9.17, 15) is 4.79 Å². The molecular weight excluding hydrogens is 332 g/mol. The zero-order chi connectivity index (χ0) is 17.9. The maximum Gasteiger partial charge on any atom is 0.238 e. The highest BCUT2D eigenvalue weighted by Gasteiger charge is 2.24. The predicted octanol–water partition coefficient (Wildman–Crippen LogP) is 1.69. The van der Waals surface area contributed by atoms with Crippen LogP contribution >= 0.6 is 0 Å². The number of carbonyl (C=O) groups is 1. The molecule has 0 radical (unpaired) electrons. The van der Waals surface area contributed by atoms with E-state index in [4.69, 9.17) is 9.47 Å². The summed E-state index contributed by atoms with van der Waals surface area (Å²) in [5, 5.41) is 7.18. The standard InChI is InChI=1S/C19H24N4O3/c1-22-11-15(10-20-22)8-14-4-5-23(12-14)13-19(24)21-16-2-3-17-18(9-16)26-7-6-25-17/h2-3,9-11,14H,4-8,12-13H2,1H3,(H,21,24). The van der Waals surface area contributed by atoms with Crippen LogP contribution in [0.1, 0.15) is 12.0 Å². The van der Waals surface area contributed by atoms with E-state index >= 15 is 0 Å². The lowest BCUT2D eigenvalue weighted by Crippen LogP contribution is -2.31. The molecule has 1 fully saturated rings. The van der Waals surface area contributed by atoms with Crippen molar-refractivity contribution in [1.82, 2.24) is 14.7 Å². The second-order valence-corrected chi connectivity index (χ2v) is 7.02. The summed E-state index contributed by atoms with van der Waals surface area (Å²) in [6.45, 7) is 3.42. The summed E-state index contributed by atoms with van der Waals surface area (Å²) in [5.74, 6) is 2.00. The Hall–Kier alpha value is -2.54. The van der Waals surface area contributed by atoms with Gasteiger partial charge in [0.2, 0.25) is 5.91 Å². The molecule has 1 saturated heterocycles. The lowest BCUT2D eigenvalue weighted by atomic mass is 10.0. The molecule has 7 heteroatoms. The van der Waals surface area contributed by atoms with Gasteiger partial charge in [0.25, 0.3) is 0 Å². The average Bonchev–Trinajstić information content (AvgIpc) is 3.24. The molecule has 1 aromatic carbocycles. The van der Waals surface area contributed by atoms with E-state index in [-0.39, 0.29) is 5.91 Å². The van der Waals surface area contributed by atoms with Crippen molar-refractivity contribution in [2.75, 3.05) is 38.2 Å². The van der Waals surface area contributed by atoms with Crippen molar-refractivity contribution >= 4 is 11.6 Å². The molecule has 0 spiro atoms. The van der Waals surface area contributed by atoms with Gasteiger partial charge in [0.05, 0.1) is 12.7 Å². The smallest absolute Gasteiger partial charge is 0.238 e. The van der Waals surface area contributed by atoms with Gasteiger partial charge in [-0.2, -0.15) is 5.10 Å². The van der Waals surface area contributed by atoms with Crippen LogP contribution in [0.2, 0.25) is 0 Å². The molecule has 2 aromatic rings. The number of carbonyl (C=O) groups excluding carboxylic acids is 1. The molecule has 2 aliphatic heterocycles. The Morgan fingerprint density at radius 3 is 2.96 bits per heavy atom. The summed E-state index contributed by atoms with van der Waals surface area (Å²) in [5.41, 5.74) is 2.01. The van der Waals surface area contributed by atoms with Gasteiger partial charge < -0.3 is 14.8 Å². The highest BCUT2D eigenvalue weighted by Crippen LogP contribution is 2.32. The Labute approximate surface area is 152 Å². The van der Waals surface area contributed by atoms with Gasteiger partial charge in [0, 0.05) is 31.5 Å². The van der Waals surface area contributed by atoms with Gasteiger partial charge in [-0.05, 0) is 43.0 Å². The third-order valence-corrected chi connectivity index (χ3v) is 4.85. The third-order valence-electron chi connectivity index (χ3n) is 4.85. The molecule has 4 rings (SSSR count). The predicted molar refractivity (Wildman–Crippen MR) is 97.5 cm³/mol. The van der Waals surface area contributed by atoms with E-state index in [0.29, 0.717) is 31.4 Å². The maximum absolute atomic E-state index is 12.4. The van der Waals surface area contributed by atoms with Crippen LogP contribution in [-0.2, 0) is 18.3 Å². The van der Waals surface area contributed by atoms with Crippen molar-refractivity contribution in [3.63, 3.8) is 0 Å². The topological polar surface area (TPSA) is 68.6 Å². The Balaban J connectivity index is 1.27. The number of nitrogens with one attached hydrogen (secondary N) is 1. The van der Waals surface area contributed by atoms with Crippen molar-refractivity contribution in [3.8, 4) is 11.5 Å². The van der Waals surface area contributed by atoms with E-state index in [1.54, 1.807) is 0 Å². The molecule has 1 N–H and O–H groups in total. The summed E-state index contributed by atoms with van der Waals surface area (Å²) in [7, 11) is 1.94. The summed E-state index contributed by atoms with van der Waals surface area (Å²) >= 11 is 0. The molecule has 138 valence electrons. The van der Waals surface area contributed by atoms with Crippen LogP contribution in [0.3, 0.4) is 0 Å². The molecule has 26 heavy (non-hydrogen) atoms. The van der Waals surface area contributed by atoms with Crippen LogP contribution in [-0.4, -0.2) is 53.4 Å². The number of hydrogen-bond donors (Lipinski definition) is 1. The van der Waals surface area contributed by atoms with E-state index < -0.39 is 0 Å². The van der Waals surface area contributed by atoms with Gasteiger partial charge in [-0.15, -0.1) is 0 Å². The van der Waals surface area contributed by atoms with E-state index in [1.165, 1.54) is 5.56 Å². The summed E-state index contributed by atoms with van der Waals surface area (Å²) in [6, 6.07) is 5.51. The second-order valence-electron chi connectivity index (χ2n) is 7.02. The second kappa shape index (κ2) is 7.37. The number of nitrogens with zero attached hydrogens (tertiary/aromatic N) is 3. The zero-order valence-electron chi connectivity index (χ0n) is 15.0. The molecule has 1 unspecified atom stereocenters. The summed E-state index contributed by atoms with van der Waals surface area (Å²) in [4.78, 5) is 14.6. The SMILES string of the molecule is Cn1cc(CC2CCN(CC(=O)Nc3ccc4c(c3)OCCO4)C2)cn1. The Morgan fingerprint density at radius 1 is 1.31 bits per heavy atom. The largest absolute Gasteiger partial charge is 0.486 e. The van der Waals surface area contributed by atoms with Crippen LogP contribution in [0.15, 0.2) is 30.6 Å². The zero-order valence-corrected chi connectivity index (χ0v) is 15.0. The number of aryl methyl sites for hydroxylation is 1. The molecule has 1 amide bonds. The fourth-order valence-corrected chi connectivity index (χ4v) is 3.66. The van der Waals surface area contributed by atoms with Crippen LogP contribution in [0.5, 0.6) is 11.5 Å². The summed E-state index contributed by atoms with van der Waals surface area (Å²) < 4.78 is 12.9. The van der Waals surface area contributed by atoms with Crippen molar-refractivity contribution in [2.45, 2.75) is 12.8 Å². The van der Waals surface area contributed by atoms with E-state index in [2.05, 4.69) is 21.5 Å². The molecular formula is C19H24N4O3. The normalized spacial score (nSPS) is 19.5. The first-order chi connectivity index (χ1) is 12.7. The van der Waals surface area contributed by atoms with Crippen molar-refractivity contribution in [3.05, 3.63) is 36.2 Å². The van der Waals surface area contributed by atoms with Crippen LogP contribution in [0, 0.1) is 5.92 Å². The number of fused-ring (bicyclic) bond motifs is 1. The highest BCUT2D eigenvalue weighted by molar-refractivity contribution is 5.92. The van der Waals surface area contributed by atoms with E-state index in [1.807, 2.05) is 36.1 Å². The first kappa shape index (κ1) is 16.9. The van der Waals surface area contributed by atoms with Gasteiger partial charge in [0.1, 0.15) is 13.2 Å². The van der Waals surface area contributed by atoms with Gasteiger partial charge in [-0.25, -0.2) is 0 Å². The van der Waals surface area contributed by atoms with Crippen LogP contribution < -0.4 is 14.8 Å². The Kier molecular flexibility index (Phi) is 4.79. The Morgan fingerprint density at radius 2 is 2.15 bits per heavy atom. The molecule has 2 aliphatic rings. The van der Waals surface area contributed by atoms with Gasteiger partial charge >= 0.3 is 0 Å². The molecule has 3 heterocycles. The van der Waals surface area contributed by atoms with Gasteiger partial charge in [0.15, 0.2) is 11.5 Å². The Bertz CT molecular complexity index is 789. The average molecular weight is 356 g/mol. The number of likely N-dealkylation sites (tertiary alicyclic amines) is 1. The van der Waals surface area contributed by atoms with Gasteiger partial charge in [-0.1, -0.05) is 0 Å². The van der Waals surface area contributed by atoms with Crippen molar-refractivity contribution in [1.29, 1.82) is 0 Å². The van der Waals surface area contributed by atoms with Crippen LogP contribution in [0.4, 0.5) is 5.69 Å². The highest BCUT2D eigenvalue weighted by atomic mass is 16.6. The number of rotatable bonds is 5. The third kappa shape index (κ3) is 3.99. The molecule has 1 atom stereocenters. The van der Waals surface area contributed by atoms with Crippen molar-refractivity contribution < 1.29 is 14.3 Å². The van der Waals surface area contributed by atoms with E-state index in [0.717, 1.165) is 37.4 Å². The molecule has 0 bridgehead atoms. The first-order valence-electron chi connectivity index (χ1n) is 9.05. The van der Waals surface area contributed by atoms with Crippen LogP contribution in [0.25, 0.3) is 0 Å². The number of amides is 1. The minimum atomic E-state index is 0.00343. The molecule has 1 aromatic heterocycles. The number of aromatic nitrogens is 2. The number of benzene rings is 1. The van der Waals surface area contributed by atoms with Gasteiger partial charge in [-0.3, -0.25) is 14.4 Å². The quantitative estimate of drug-likeness (QED) is 0.883.